The zero-order valence-electron chi connectivity index (χ0n) is 25.1. The van der Waals surface area contributed by atoms with Crippen molar-refractivity contribution in [2.75, 3.05) is 19.8 Å². The summed E-state index contributed by atoms with van der Waals surface area (Å²) in [4.78, 5) is 10.4. The lowest BCUT2D eigenvalue weighted by Gasteiger charge is -2.31. The molecule has 5 aliphatic rings. The highest BCUT2D eigenvalue weighted by Gasteiger charge is 2.49. The van der Waals surface area contributed by atoms with E-state index in [1.807, 2.05) is 38.1 Å². The molecule has 0 bridgehead atoms. The summed E-state index contributed by atoms with van der Waals surface area (Å²) in [7, 11) is 0. The zero-order chi connectivity index (χ0) is 31.0. The molecule has 246 valence electrons. The predicted molar refractivity (Wildman–Crippen MR) is 158 cm³/mol. The van der Waals surface area contributed by atoms with Gasteiger partial charge in [-0.05, 0) is 69.9 Å². The summed E-state index contributed by atoms with van der Waals surface area (Å²) >= 11 is 0. The first-order valence-corrected chi connectivity index (χ1v) is 14.8. The van der Waals surface area contributed by atoms with Crippen LogP contribution in [0.4, 0.5) is 13.2 Å². The highest BCUT2D eigenvalue weighted by molar-refractivity contribution is 5.73. The van der Waals surface area contributed by atoms with Gasteiger partial charge in [-0.25, -0.2) is 0 Å². The van der Waals surface area contributed by atoms with Gasteiger partial charge in [-0.15, -0.1) is 0 Å². The Bertz CT molecular complexity index is 1200. The van der Waals surface area contributed by atoms with Gasteiger partial charge in [0, 0.05) is 12.8 Å². The summed E-state index contributed by atoms with van der Waals surface area (Å²) < 4.78 is 73.5. The van der Waals surface area contributed by atoms with Crippen LogP contribution in [0.3, 0.4) is 0 Å². The number of cyclic esters (lactones) is 1. The maximum Gasteiger partial charge on any atom is 0.468 e. The van der Waals surface area contributed by atoms with E-state index in [4.69, 9.17) is 18.9 Å². The molecule has 3 fully saturated rings. The van der Waals surface area contributed by atoms with Crippen molar-refractivity contribution in [2.24, 2.45) is 5.92 Å². The van der Waals surface area contributed by atoms with Crippen LogP contribution in [0.5, 0.6) is 23.0 Å². The van der Waals surface area contributed by atoms with E-state index < -0.39 is 12.5 Å². The average molecular weight is 627 g/mol. The van der Waals surface area contributed by atoms with Crippen LogP contribution in [-0.4, -0.2) is 56.3 Å². The fraction of sp³-hybridized carbons (Fsp3) is 0.606. The molecule has 1 aliphatic carbocycles. The molecule has 4 aliphatic heterocycles. The predicted octanol–water partition coefficient (Wildman–Crippen LogP) is 7.79. The number of fused-ring (bicyclic) bond motifs is 2. The molecule has 8 nitrogen and oxygen atoms in total. The Hall–Kier alpha value is -3.18. The third kappa shape index (κ3) is 9.66. The monoisotopic (exact) mass is 626 g/mol. The first-order valence-electron chi connectivity index (χ1n) is 14.8. The van der Waals surface area contributed by atoms with E-state index in [2.05, 4.69) is 21.1 Å². The van der Waals surface area contributed by atoms with E-state index in [1.165, 1.54) is 31.4 Å². The van der Waals surface area contributed by atoms with Crippen LogP contribution in [-0.2, 0) is 19.0 Å². The fourth-order valence-corrected chi connectivity index (χ4v) is 4.94. The normalized spacial score (nSPS) is 26.7. The van der Waals surface area contributed by atoms with Crippen LogP contribution in [0.25, 0.3) is 0 Å². The number of hydrogen-bond donors (Lipinski definition) is 0. The van der Waals surface area contributed by atoms with E-state index in [0.717, 1.165) is 42.9 Å². The minimum atomic E-state index is -3.91. The third-order valence-corrected chi connectivity index (χ3v) is 7.30. The van der Waals surface area contributed by atoms with E-state index in [9.17, 15) is 18.0 Å². The highest BCUT2D eigenvalue weighted by Crippen LogP contribution is 2.41. The van der Waals surface area contributed by atoms with Crippen LogP contribution < -0.4 is 18.9 Å². The average Bonchev–Trinajstić information content (AvgIpc) is 3.53. The number of rotatable bonds is 0. The molecule has 1 spiro atoms. The maximum absolute atomic E-state index is 12.7. The number of hydrogen-bond acceptors (Lipinski definition) is 8. The Morgan fingerprint density at radius 2 is 1.52 bits per heavy atom. The maximum atomic E-state index is 12.7. The SMILES string of the molecule is C.CC1CCOC1=O.CC1COC2(CCCCC2)O1.CC1COc2ccccc2O1.Cc1ccc2c(c1)OC(F)C(F)(F)O2. The van der Waals surface area contributed by atoms with Crippen LogP contribution in [0, 0.1) is 12.8 Å². The van der Waals surface area contributed by atoms with Crippen LogP contribution in [0.1, 0.15) is 72.3 Å². The summed E-state index contributed by atoms with van der Waals surface area (Å²) in [6.45, 7) is 9.77. The molecule has 2 aromatic rings. The number of carbonyl (C=O) groups excluding carboxylic acids is 1. The van der Waals surface area contributed by atoms with Crippen molar-refractivity contribution in [3.05, 3.63) is 48.0 Å². The quantitative estimate of drug-likeness (QED) is 0.274. The number of ether oxygens (including phenoxy) is 7. The molecule has 1 saturated carbocycles. The molecule has 4 atom stereocenters. The van der Waals surface area contributed by atoms with Gasteiger partial charge in [0.25, 0.3) is 0 Å². The number of para-hydroxylation sites is 2. The van der Waals surface area contributed by atoms with E-state index in [0.29, 0.717) is 19.3 Å². The number of aryl methyl sites for hydroxylation is 1. The molecule has 0 N–H and O–H groups in total. The van der Waals surface area contributed by atoms with Crippen LogP contribution in [0.15, 0.2) is 42.5 Å². The van der Waals surface area contributed by atoms with Gasteiger partial charge in [0.1, 0.15) is 12.7 Å². The molecule has 2 aromatic carbocycles. The molecule has 4 unspecified atom stereocenters. The summed E-state index contributed by atoms with van der Waals surface area (Å²) in [5, 5.41) is 0. The Labute approximate surface area is 258 Å². The Morgan fingerprint density at radius 1 is 0.818 bits per heavy atom. The minimum absolute atomic E-state index is 0. The molecule has 4 heterocycles. The van der Waals surface area contributed by atoms with Gasteiger partial charge in [-0.1, -0.05) is 39.0 Å². The van der Waals surface area contributed by atoms with Crippen molar-refractivity contribution in [2.45, 2.75) is 104 Å². The summed E-state index contributed by atoms with van der Waals surface area (Å²) in [6.07, 6.45) is 0.827. The summed E-state index contributed by atoms with van der Waals surface area (Å²) in [6, 6.07) is 12.1. The first-order chi connectivity index (χ1) is 20.5. The second-order valence-corrected chi connectivity index (χ2v) is 11.3. The standard InChI is InChI=1S/C9H7F3O2.C9H10O2.C9H16O2.C5H8O2.CH4/c1-5-2-3-6-7(4-5)13-8(10)9(11,12)14-6;1-7-6-10-8-4-2-3-5-9(8)11-7;1-8-7-10-9(11-8)5-3-2-4-6-9;1-4-2-3-7-5(4)6;/h2-4,8H,1H3;2-5,7H,6H2,1H3;8H,2-7H2,1H3;4H,2-3H2,1H3;1H4. The van der Waals surface area contributed by atoms with Gasteiger partial charge in [0.05, 0.1) is 25.2 Å². The van der Waals surface area contributed by atoms with E-state index >= 15 is 0 Å². The van der Waals surface area contributed by atoms with Crippen LogP contribution in [0.2, 0.25) is 0 Å². The molecule has 2 saturated heterocycles. The molecule has 0 radical (unpaired) electrons. The van der Waals surface area contributed by atoms with Crippen molar-refractivity contribution >= 4 is 5.97 Å². The Morgan fingerprint density at radius 3 is 2.11 bits per heavy atom. The second-order valence-electron chi connectivity index (χ2n) is 11.3. The molecule has 7 rings (SSSR count). The van der Waals surface area contributed by atoms with Gasteiger partial charge < -0.3 is 33.2 Å². The number of carbonyl (C=O) groups is 1. The lowest BCUT2D eigenvalue weighted by molar-refractivity contribution is -0.281. The lowest BCUT2D eigenvalue weighted by atomic mass is 9.94. The first kappa shape index (κ1) is 35.3. The summed E-state index contributed by atoms with van der Waals surface area (Å²) in [5.41, 5.74) is 0.782. The smallest absolute Gasteiger partial charge is 0.468 e. The molecule has 44 heavy (non-hydrogen) atoms. The largest absolute Gasteiger partial charge is 0.486 e. The van der Waals surface area contributed by atoms with E-state index in [1.54, 1.807) is 13.0 Å². The Balaban J connectivity index is 0.000000163. The minimum Gasteiger partial charge on any atom is -0.486 e. The molecular formula is C33H45F3O8. The molecule has 0 amide bonds. The molecular weight excluding hydrogens is 581 g/mol. The van der Waals surface area contributed by atoms with Crippen molar-refractivity contribution in [3.8, 4) is 23.0 Å². The van der Waals surface area contributed by atoms with Crippen molar-refractivity contribution in [1.82, 2.24) is 0 Å². The van der Waals surface area contributed by atoms with Gasteiger partial charge in [0.15, 0.2) is 28.8 Å². The van der Waals surface area contributed by atoms with Gasteiger partial charge >= 0.3 is 18.4 Å². The molecule has 0 aromatic heterocycles. The number of benzene rings is 2. The van der Waals surface area contributed by atoms with Crippen molar-refractivity contribution < 1.29 is 51.1 Å². The fourth-order valence-electron chi connectivity index (χ4n) is 4.94. The van der Waals surface area contributed by atoms with Gasteiger partial charge in [-0.3, -0.25) is 4.79 Å². The lowest BCUT2D eigenvalue weighted by Crippen LogP contribution is -2.43. The number of esters is 1. The third-order valence-electron chi connectivity index (χ3n) is 7.30. The highest BCUT2D eigenvalue weighted by atomic mass is 19.3. The van der Waals surface area contributed by atoms with Gasteiger partial charge in [-0.2, -0.15) is 13.2 Å². The number of alkyl halides is 3. The van der Waals surface area contributed by atoms with Crippen LogP contribution >= 0.6 is 0 Å². The second kappa shape index (κ2) is 15.7. The van der Waals surface area contributed by atoms with Crippen molar-refractivity contribution in [1.29, 1.82) is 0 Å². The zero-order valence-corrected chi connectivity index (χ0v) is 25.1. The molecule has 11 heteroatoms. The summed E-state index contributed by atoms with van der Waals surface area (Å²) in [5.74, 6) is 1.52. The Kier molecular flexibility index (Phi) is 12.6. The topological polar surface area (TPSA) is 81.7 Å². The van der Waals surface area contributed by atoms with Gasteiger partial charge in [0.2, 0.25) is 0 Å². The number of halogens is 3. The van der Waals surface area contributed by atoms with E-state index in [-0.39, 0.29) is 42.7 Å². The van der Waals surface area contributed by atoms with Crippen molar-refractivity contribution in [3.63, 3.8) is 0 Å².